The van der Waals surface area contributed by atoms with Gasteiger partial charge in [-0.25, -0.2) is 0 Å². The third-order valence-corrected chi connectivity index (χ3v) is 28.9. The molecule has 8 unspecified atom stereocenters. The zero-order valence-corrected chi connectivity index (χ0v) is 93.3. The van der Waals surface area contributed by atoms with Gasteiger partial charge in [-0.15, -0.1) is 0 Å². The van der Waals surface area contributed by atoms with Crippen LogP contribution in [0.5, 0.6) is 11.5 Å². The van der Waals surface area contributed by atoms with E-state index in [0.717, 1.165) is 123 Å². The highest BCUT2D eigenvalue weighted by molar-refractivity contribution is 8.76. The van der Waals surface area contributed by atoms with Crippen molar-refractivity contribution in [3.05, 3.63) is 84.4 Å². The van der Waals surface area contributed by atoms with Crippen molar-refractivity contribution in [3.8, 4) is 22.6 Å². The van der Waals surface area contributed by atoms with Crippen LogP contribution in [0.3, 0.4) is 0 Å². The Bertz CT molecular complexity index is 3250. The van der Waals surface area contributed by atoms with Crippen LogP contribution in [0.15, 0.2) is 78.9 Å². The van der Waals surface area contributed by atoms with Gasteiger partial charge in [0.25, 0.3) is 0 Å². The number of aliphatic hydroxyl groups excluding tert-OH is 1. The Labute approximate surface area is 873 Å². The second-order valence-electron chi connectivity index (χ2n) is 41.4. The lowest BCUT2D eigenvalue weighted by molar-refractivity contribution is -0.154. The minimum Gasteiger partial charge on any atom is -0.494 e. The van der Waals surface area contributed by atoms with E-state index in [0.29, 0.717) is 91.1 Å². The molecule has 0 radical (unpaired) electrons. The zero-order chi connectivity index (χ0) is 102. The van der Waals surface area contributed by atoms with Crippen molar-refractivity contribution < 1.29 is 100 Å². The first-order valence-electron chi connectivity index (χ1n) is 57.2. The van der Waals surface area contributed by atoms with Crippen LogP contribution >= 0.6 is 21.6 Å². The van der Waals surface area contributed by atoms with Crippen LogP contribution in [0.4, 0.5) is 0 Å². The van der Waals surface area contributed by atoms with Gasteiger partial charge >= 0.3 is 23.9 Å². The summed E-state index contributed by atoms with van der Waals surface area (Å²) in [5.41, 5.74) is 3.68. The molecule has 0 heterocycles. The van der Waals surface area contributed by atoms with Crippen LogP contribution in [0, 0.1) is 47.3 Å². The maximum Gasteiger partial charge on any atom is 0.306 e. The predicted octanol–water partition coefficient (Wildman–Crippen LogP) is 29.4. The maximum absolute atomic E-state index is 12.9. The third-order valence-electron chi connectivity index (χ3n) is 26.6. The molecular formula is C119H208O21S2. The van der Waals surface area contributed by atoms with E-state index in [9.17, 15) is 24.3 Å². The molecule has 0 amide bonds. The summed E-state index contributed by atoms with van der Waals surface area (Å²) in [5, 5.41) is 9.88. The molecule has 21 nitrogen and oxygen atoms in total. The molecule has 23 heteroatoms. The fourth-order valence-electron chi connectivity index (χ4n) is 17.3. The highest BCUT2D eigenvalue weighted by Crippen LogP contribution is 2.30. The zero-order valence-electron chi connectivity index (χ0n) is 91.7. The van der Waals surface area contributed by atoms with Gasteiger partial charge in [0.2, 0.25) is 0 Å². The molecule has 0 saturated heterocycles. The Morgan fingerprint density at radius 3 is 0.845 bits per heavy atom. The summed E-state index contributed by atoms with van der Waals surface area (Å²) < 4.78 is 91.1. The molecule has 142 heavy (non-hydrogen) atoms. The number of carbonyl (C=O) groups excluding carboxylic acids is 4. The van der Waals surface area contributed by atoms with Crippen LogP contribution in [0.25, 0.3) is 11.1 Å². The van der Waals surface area contributed by atoms with E-state index in [1.165, 1.54) is 267 Å². The van der Waals surface area contributed by atoms with Crippen molar-refractivity contribution in [2.45, 2.75) is 408 Å². The number of unbranched alkanes of at least 4 members (excludes halogenated alkanes) is 24. The molecule has 0 aliphatic carbocycles. The Kier molecular flexibility index (Phi) is 90.0. The lowest BCUT2D eigenvalue weighted by Gasteiger charge is -2.20. The number of hydrogen-bond acceptors (Lipinski definition) is 23. The molecule has 0 bridgehead atoms. The lowest BCUT2D eigenvalue weighted by Crippen LogP contribution is -2.28. The number of aliphatic hydroxyl groups is 1. The van der Waals surface area contributed by atoms with Crippen molar-refractivity contribution in [2.75, 3.05) is 171 Å². The number of rotatable bonds is 107. The third kappa shape index (κ3) is 86.2. The number of benzene rings is 3. The highest BCUT2D eigenvalue weighted by atomic mass is 33.1. The molecule has 1 N–H and O–H groups in total. The van der Waals surface area contributed by atoms with Gasteiger partial charge in [-0.1, -0.05) is 402 Å². The Morgan fingerprint density at radius 1 is 0.246 bits per heavy atom. The van der Waals surface area contributed by atoms with E-state index in [4.69, 9.17) is 75.8 Å². The van der Waals surface area contributed by atoms with Crippen LogP contribution in [0.1, 0.15) is 396 Å². The van der Waals surface area contributed by atoms with Crippen molar-refractivity contribution in [3.63, 3.8) is 0 Å². The van der Waals surface area contributed by atoms with Gasteiger partial charge in [0.1, 0.15) is 50.1 Å². The van der Waals surface area contributed by atoms with Gasteiger partial charge in [0.05, 0.1) is 138 Å². The molecule has 0 spiro atoms. The second-order valence-corrected chi connectivity index (χ2v) is 44.0. The van der Waals surface area contributed by atoms with Gasteiger partial charge in [-0.2, -0.15) is 0 Å². The minimum absolute atomic E-state index is 0.0282. The molecule has 0 aromatic heterocycles. The summed E-state index contributed by atoms with van der Waals surface area (Å²) in [6.07, 6.45) is 57.3. The van der Waals surface area contributed by atoms with E-state index in [-0.39, 0.29) is 97.9 Å². The average Bonchev–Trinajstić information content (AvgIpc) is 0.852. The van der Waals surface area contributed by atoms with Gasteiger partial charge in [0.15, 0.2) is 0 Å². The predicted molar refractivity (Wildman–Crippen MR) is 586 cm³/mol. The minimum atomic E-state index is -0.521. The van der Waals surface area contributed by atoms with Crippen LogP contribution < -0.4 is 9.47 Å². The maximum atomic E-state index is 12.9. The largest absolute Gasteiger partial charge is 0.494 e. The average molecular weight is 2040 g/mol. The monoisotopic (exact) mass is 2040 g/mol. The van der Waals surface area contributed by atoms with Crippen LogP contribution in [-0.2, 0) is 91.2 Å². The number of ether oxygens (including phenoxy) is 16. The summed E-state index contributed by atoms with van der Waals surface area (Å²) >= 11 is 0. The van der Waals surface area contributed by atoms with E-state index < -0.39 is 30.0 Å². The fourth-order valence-corrected chi connectivity index (χ4v) is 19.2. The normalized spacial score (nSPS) is 13.4. The first-order chi connectivity index (χ1) is 69.4. The molecule has 3 aromatic carbocycles. The van der Waals surface area contributed by atoms with Crippen molar-refractivity contribution >= 4 is 45.5 Å². The number of esters is 4. The topological polar surface area (TPSA) is 236 Å². The summed E-state index contributed by atoms with van der Waals surface area (Å²) in [6.45, 7) is 33.2. The van der Waals surface area contributed by atoms with Gasteiger partial charge in [0, 0.05) is 37.9 Å². The molecule has 822 valence electrons. The smallest absolute Gasteiger partial charge is 0.306 e. The van der Waals surface area contributed by atoms with E-state index in [2.05, 4.69) is 142 Å². The van der Waals surface area contributed by atoms with E-state index >= 15 is 0 Å². The first-order valence-corrected chi connectivity index (χ1v) is 59.7. The molecule has 0 fully saturated rings. The van der Waals surface area contributed by atoms with Gasteiger partial charge in [-0.05, 0) is 127 Å². The van der Waals surface area contributed by atoms with E-state index in [1.807, 2.05) is 16.9 Å². The lowest BCUT2D eigenvalue weighted by atomic mass is 9.91. The standard InChI is InChI=1S/C119H208O21S2/c1-101(2)46-40-48-103(5)50-42-52-105(7)54-44-56-107(9)72-78-135-114(96-120)97-131-74-36-29-25-21-17-13-11-15-19-23-27-31-38-76-133-112-64-60-110(61-65-112)111-62-66-113(67-63-111)134-77-39-32-28-24-20-16-12-14-18-22-26-30-37-75-132-98-115(136-79-73-108(10)57-45-55-106(8)53-43-51-104(6)49-41-47-102(3)4)99-140-119(124)71-70-118(123)139-93-90-128-84-81-125-80-83-127-88-91-137-116(121)68-69-117(122)138-92-89-129-85-82-126-86-87-130-94-95-141-142-100-109-58-34-33-35-59-109/h33-35,58-67,101-108,114-115,120H,11-32,36-57,68-100H2,1-10H3. The van der Waals surface area contributed by atoms with Crippen LogP contribution in [0.2, 0.25) is 0 Å². The van der Waals surface area contributed by atoms with Gasteiger partial charge in [-0.3, -0.25) is 19.2 Å². The van der Waals surface area contributed by atoms with Gasteiger partial charge < -0.3 is 80.9 Å². The Hall–Kier alpha value is -4.60. The SMILES string of the molecule is CC(C)CCCC(C)CCCC(C)CCCC(C)CCOC(CO)COCCCCCCCCCCCCCCCOc1ccc(-c2ccc(OCCCCCCCCCCCCCCCOCC(COC(=O)CCC(=O)OCCOCCOCCOCCOC(=O)CCC(=O)OCCOCCOCCOCCSSCc3ccccc3)OCCC(C)CCCC(C)CCCC(C)CCCC(C)C)cc2)cc1. The molecule has 0 aliphatic heterocycles. The fraction of sp³-hybridized carbons (Fsp3) is 0.815. The first kappa shape index (κ1) is 132. The quantitative estimate of drug-likeness (QED) is 0.0239. The molecule has 8 atom stereocenters. The Balaban J connectivity index is 1.12. The van der Waals surface area contributed by atoms with E-state index in [1.54, 1.807) is 10.8 Å². The van der Waals surface area contributed by atoms with Crippen molar-refractivity contribution in [1.82, 2.24) is 0 Å². The number of hydrogen-bond donors (Lipinski definition) is 1. The molecule has 3 rings (SSSR count). The summed E-state index contributed by atoms with van der Waals surface area (Å²) in [4.78, 5) is 49.6. The highest BCUT2D eigenvalue weighted by Gasteiger charge is 2.20. The molecule has 3 aromatic rings. The second kappa shape index (κ2) is 97.2. The van der Waals surface area contributed by atoms with Crippen molar-refractivity contribution in [1.29, 1.82) is 0 Å². The summed E-state index contributed by atoms with van der Waals surface area (Å²) in [6, 6.07) is 27.4. The van der Waals surface area contributed by atoms with Crippen molar-refractivity contribution in [2.24, 2.45) is 47.3 Å². The number of carbonyl (C=O) groups is 4. The molecule has 0 saturated carbocycles. The van der Waals surface area contributed by atoms with Crippen LogP contribution in [-0.4, -0.2) is 212 Å². The Morgan fingerprint density at radius 2 is 0.521 bits per heavy atom. The summed E-state index contributed by atoms with van der Waals surface area (Å²) in [5.74, 6) is 7.81. The molecule has 0 aliphatic rings. The molecular weight excluding hydrogens is 1830 g/mol. The summed E-state index contributed by atoms with van der Waals surface area (Å²) in [7, 11) is 3.61.